The second-order valence-electron chi connectivity index (χ2n) is 4.51. The van der Waals surface area contributed by atoms with Crippen molar-refractivity contribution in [2.24, 2.45) is 0 Å². The van der Waals surface area contributed by atoms with Crippen LogP contribution in [-0.2, 0) is 16.1 Å². The molecule has 0 amide bonds. The number of aromatic nitrogens is 2. The van der Waals surface area contributed by atoms with Gasteiger partial charge in [-0.05, 0) is 24.6 Å². The zero-order valence-electron chi connectivity index (χ0n) is 12.7. The summed E-state index contributed by atoms with van der Waals surface area (Å²) in [4.78, 5) is 41.1. The summed E-state index contributed by atoms with van der Waals surface area (Å²) < 4.78 is 9.82. The molecule has 0 fully saturated rings. The minimum absolute atomic E-state index is 0.0573. The van der Waals surface area contributed by atoms with Gasteiger partial charge >= 0.3 is 11.9 Å². The zero-order valence-corrected chi connectivity index (χ0v) is 12.7. The van der Waals surface area contributed by atoms with E-state index in [4.69, 9.17) is 9.47 Å². The van der Waals surface area contributed by atoms with Crippen LogP contribution in [0, 0.1) is 10.1 Å². The third-order valence-corrected chi connectivity index (χ3v) is 2.85. The summed E-state index contributed by atoms with van der Waals surface area (Å²) >= 11 is 0. The molecule has 0 atom stereocenters. The fourth-order valence-corrected chi connectivity index (χ4v) is 1.70. The van der Waals surface area contributed by atoms with E-state index < -0.39 is 16.9 Å². The van der Waals surface area contributed by atoms with Gasteiger partial charge in [-0.15, -0.1) is 0 Å². The van der Waals surface area contributed by atoms with Crippen LogP contribution in [0.1, 0.15) is 33.5 Å². The molecule has 1 aromatic heterocycles. The minimum atomic E-state index is -0.771. The normalized spacial score (nSPS) is 10.0. The second kappa shape index (κ2) is 7.77. The van der Waals surface area contributed by atoms with Gasteiger partial charge in [0.25, 0.3) is 5.69 Å². The quantitative estimate of drug-likeness (QED) is 0.447. The van der Waals surface area contributed by atoms with Crippen molar-refractivity contribution in [1.29, 1.82) is 0 Å². The van der Waals surface area contributed by atoms with E-state index in [9.17, 15) is 19.7 Å². The molecule has 0 aliphatic rings. The van der Waals surface area contributed by atoms with Crippen molar-refractivity contribution in [3.63, 3.8) is 0 Å². The lowest BCUT2D eigenvalue weighted by atomic mass is 10.2. The molecule has 1 aromatic carbocycles. The molecule has 0 aliphatic heterocycles. The number of ether oxygens (including phenoxy) is 2. The summed E-state index contributed by atoms with van der Waals surface area (Å²) in [7, 11) is 0. The summed E-state index contributed by atoms with van der Waals surface area (Å²) in [6.45, 7) is 1.73. The molecule has 2 rings (SSSR count). The van der Waals surface area contributed by atoms with Gasteiger partial charge in [0, 0.05) is 12.1 Å². The van der Waals surface area contributed by atoms with Crippen molar-refractivity contribution in [1.82, 2.24) is 9.97 Å². The Labute approximate surface area is 136 Å². The van der Waals surface area contributed by atoms with Crippen LogP contribution in [0.5, 0.6) is 0 Å². The molecule has 0 saturated heterocycles. The molecule has 124 valence electrons. The number of nitrogens with zero attached hydrogens (tertiary/aromatic N) is 3. The number of carbonyl (C=O) groups is 2. The first kappa shape index (κ1) is 17.0. The van der Waals surface area contributed by atoms with Crippen LogP contribution in [0.15, 0.2) is 36.7 Å². The molecular weight excluding hydrogens is 318 g/mol. The number of rotatable bonds is 6. The Bertz CT molecular complexity index is 760. The average molecular weight is 331 g/mol. The topological polar surface area (TPSA) is 122 Å². The van der Waals surface area contributed by atoms with Gasteiger partial charge in [0.2, 0.25) is 0 Å². The molecule has 9 heteroatoms. The lowest BCUT2D eigenvalue weighted by molar-refractivity contribution is -0.384. The largest absolute Gasteiger partial charge is 0.461 e. The zero-order chi connectivity index (χ0) is 17.5. The fraction of sp³-hybridized carbons (Fsp3) is 0.200. The molecule has 0 unspecified atom stereocenters. The van der Waals surface area contributed by atoms with Crippen LogP contribution in [0.25, 0.3) is 0 Å². The van der Waals surface area contributed by atoms with Gasteiger partial charge in [0.1, 0.15) is 6.61 Å². The predicted molar refractivity (Wildman–Crippen MR) is 80.2 cm³/mol. The maximum absolute atomic E-state index is 11.9. The minimum Gasteiger partial charge on any atom is -0.461 e. The van der Waals surface area contributed by atoms with Gasteiger partial charge in [-0.1, -0.05) is 0 Å². The van der Waals surface area contributed by atoms with Gasteiger partial charge in [0.05, 0.1) is 23.9 Å². The Morgan fingerprint density at radius 2 is 1.67 bits per heavy atom. The molecular formula is C15H13N3O6. The van der Waals surface area contributed by atoms with E-state index in [-0.39, 0.29) is 30.3 Å². The summed E-state index contributed by atoms with van der Waals surface area (Å²) in [6.07, 6.45) is 2.35. The Morgan fingerprint density at radius 3 is 2.21 bits per heavy atom. The first-order valence-corrected chi connectivity index (χ1v) is 6.91. The number of non-ortho nitro benzene ring substituents is 1. The van der Waals surface area contributed by atoms with Crippen molar-refractivity contribution >= 4 is 17.6 Å². The van der Waals surface area contributed by atoms with Crippen LogP contribution < -0.4 is 0 Å². The number of carbonyl (C=O) groups excluding carboxylic acids is 2. The van der Waals surface area contributed by atoms with E-state index >= 15 is 0 Å². The first-order chi connectivity index (χ1) is 11.5. The summed E-state index contributed by atoms with van der Waals surface area (Å²) in [5.74, 6) is -1.46. The second-order valence-corrected chi connectivity index (χ2v) is 4.51. The summed E-state index contributed by atoms with van der Waals surface area (Å²) in [6, 6.07) is 5.58. The molecule has 0 spiro atoms. The van der Waals surface area contributed by atoms with E-state index in [2.05, 4.69) is 9.97 Å². The number of benzene rings is 1. The summed E-state index contributed by atoms with van der Waals surface area (Å²) in [5, 5.41) is 10.6. The third kappa shape index (κ3) is 4.32. The molecule has 24 heavy (non-hydrogen) atoms. The number of nitro benzene ring substituents is 1. The van der Waals surface area contributed by atoms with E-state index in [1.807, 2.05) is 0 Å². The number of hydrogen-bond donors (Lipinski definition) is 0. The highest BCUT2D eigenvalue weighted by molar-refractivity contribution is 5.90. The molecule has 9 nitrogen and oxygen atoms in total. The Morgan fingerprint density at radius 1 is 1.08 bits per heavy atom. The Kier molecular flexibility index (Phi) is 5.50. The number of nitro groups is 1. The van der Waals surface area contributed by atoms with E-state index in [1.54, 1.807) is 6.92 Å². The van der Waals surface area contributed by atoms with Crippen molar-refractivity contribution in [2.45, 2.75) is 13.5 Å². The Balaban J connectivity index is 2.00. The van der Waals surface area contributed by atoms with Crippen molar-refractivity contribution in [3.8, 4) is 0 Å². The maximum Gasteiger partial charge on any atom is 0.358 e. The monoisotopic (exact) mass is 331 g/mol. The molecule has 2 aromatic rings. The van der Waals surface area contributed by atoms with Crippen LogP contribution in [0.3, 0.4) is 0 Å². The van der Waals surface area contributed by atoms with Gasteiger partial charge in [-0.2, -0.15) is 0 Å². The lowest BCUT2D eigenvalue weighted by Gasteiger charge is -2.05. The molecule has 1 heterocycles. The highest BCUT2D eigenvalue weighted by Crippen LogP contribution is 2.13. The van der Waals surface area contributed by atoms with Crippen molar-refractivity contribution in [2.75, 3.05) is 6.61 Å². The fourth-order valence-electron chi connectivity index (χ4n) is 1.70. The molecule has 0 bridgehead atoms. The molecule has 0 radical (unpaired) electrons. The molecule has 0 saturated carbocycles. The number of hydrogen-bond acceptors (Lipinski definition) is 8. The lowest BCUT2D eigenvalue weighted by Crippen LogP contribution is -2.13. The predicted octanol–water partition coefficient (Wildman–Crippen LogP) is 1.92. The van der Waals surface area contributed by atoms with Crippen molar-refractivity contribution in [3.05, 3.63) is 63.7 Å². The molecule has 0 N–H and O–H groups in total. The highest BCUT2D eigenvalue weighted by atomic mass is 16.6. The van der Waals surface area contributed by atoms with Crippen LogP contribution in [0.2, 0.25) is 0 Å². The van der Waals surface area contributed by atoms with Crippen molar-refractivity contribution < 1.29 is 24.0 Å². The van der Waals surface area contributed by atoms with Crippen LogP contribution >= 0.6 is 0 Å². The van der Waals surface area contributed by atoms with Gasteiger partial charge < -0.3 is 9.47 Å². The van der Waals surface area contributed by atoms with Crippen LogP contribution in [0.4, 0.5) is 5.69 Å². The average Bonchev–Trinajstić information content (AvgIpc) is 2.60. The first-order valence-electron chi connectivity index (χ1n) is 6.91. The highest BCUT2D eigenvalue weighted by Gasteiger charge is 2.15. The van der Waals surface area contributed by atoms with E-state index in [1.165, 1.54) is 36.7 Å². The molecule has 0 aliphatic carbocycles. The maximum atomic E-state index is 11.9. The Hall–Kier alpha value is -3.36. The van der Waals surface area contributed by atoms with Gasteiger partial charge in [0.15, 0.2) is 11.4 Å². The standard InChI is InChI=1S/C15H13N3O6/c1-2-23-14(19)12-7-16-8-13(17-12)15(20)24-9-10-3-5-11(6-4-10)18(21)22/h3-8H,2,9H2,1H3. The van der Waals surface area contributed by atoms with Gasteiger partial charge in [-0.3, -0.25) is 15.1 Å². The smallest absolute Gasteiger partial charge is 0.358 e. The van der Waals surface area contributed by atoms with E-state index in [0.717, 1.165) is 0 Å². The SMILES string of the molecule is CCOC(=O)c1cncc(C(=O)OCc2ccc([N+](=O)[O-])cc2)n1. The van der Waals surface area contributed by atoms with Crippen LogP contribution in [-0.4, -0.2) is 33.4 Å². The number of esters is 2. The van der Waals surface area contributed by atoms with Gasteiger partial charge in [-0.25, -0.2) is 14.6 Å². The summed E-state index contributed by atoms with van der Waals surface area (Å²) in [5.41, 5.74) is 0.283. The third-order valence-electron chi connectivity index (χ3n) is 2.85. The van der Waals surface area contributed by atoms with E-state index in [0.29, 0.717) is 5.56 Å².